The molecular weight excluding hydrogens is 428 g/mol. The molecule has 0 radical (unpaired) electrons. The SMILES string of the molecule is Cc1noc(C)c1S(=O)(=O)N1CCN(C(=O)CNC(=O)c2ccc3c(c2)OCO3)CC1. The van der Waals surface area contributed by atoms with Crippen molar-refractivity contribution < 1.29 is 32.0 Å². The molecular formula is C19H22N4O7S. The first-order valence-corrected chi connectivity index (χ1v) is 11.1. The topological polar surface area (TPSA) is 131 Å². The number of hydrogen-bond donors (Lipinski definition) is 1. The predicted molar refractivity (Wildman–Crippen MR) is 106 cm³/mol. The Bertz CT molecular complexity index is 1100. The van der Waals surface area contributed by atoms with Gasteiger partial charge in [0.15, 0.2) is 17.3 Å². The first-order valence-electron chi connectivity index (χ1n) is 9.66. The maximum absolute atomic E-state index is 12.9. The van der Waals surface area contributed by atoms with Crippen LogP contribution < -0.4 is 14.8 Å². The number of amides is 2. The van der Waals surface area contributed by atoms with Gasteiger partial charge in [-0.2, -0.15) is 4.31 Å². The van der Waals surface area contributed by atoms with Gasteiger partial charge in [-0.15, -0.1) is 0 Å². The van der Waals surface area contributed by atoms with Crippen LogP contribution >= 0.6 is 0 Å². The van der Waals surface area contributed by atoms with E-state index in [4.69, 9.17) is 14.0 Å². The summed E-state index contributed by atoms with van der Waals surface area (Å²) in [6, 6.07) is 4.78. The van der Waals surface area contributed by atoms with Crippen LogP contribution in [0.1, 0.15) is 21.8 Å². The molecule has 1 N–H and O–H groups in total. The molecule has 1 aromatic heterocycles. The molecule has 1 aromatic carbocycles. The molecule has 4 rings (SSSR count). The minimum Gasteiger partial charge on any atom is -0.454 e. The Balaban J connectivity index is 1.31. The summed E-state index contributed by atoms with van der Waals surface area (Å²) in [6.07, 6.45) is 0. The van der Waals surface area contributed by atoms with Crippen molar-refractivity contribution in [1.82, 2.24) is 19.7 Å². The molecule has 12 heteroatoms. The number of piperazine rings is 1. The number of nitrogens with zero attached hydrogens (tertiary/aromatic N) is 3. The van der Waals surface area contributed by atoms with Gasteiger partial charge in [-0.05, 0) is 32.0 Å². The van der Waals surface area contributed by atoms with E-state index >= 15 is 0 Å². The fourth-order valence-corrected chi connectivity index (χ4v) is 5.27. The van der Waals surface area contributed by atoms with Crippen molar-refractivity contribution in [1.29, 1.82) is 0 Å². The number of aryl methyl sites for hydroxylation is 2. The Hall–Kier alpha value is -3.12. The van der Waals surface area contributed by atoms with E-state index in [0.717, 1.165) is 0 Å². The highest BCUT2D eigenvalue weighted by atomic mass is 32.2. The molecule has 0 bridgehead atoms. The molecule has 1 saturated heterocycles. The van der Waals surface area contributed by atoms with Crippen LogP contribution in [0.25, 0.3) is 0 Å². The summed E-state index contributed by atoms with van der Waals surface area (Å²) in [5, 5.41) is 6.29. The molecule has 0 unspecified atom stereocenters. The second-order valence-corrected chi connectivity index (χ2v) is 9.06. The lowest BCUT2D eigenvalue weighted by atomic mass is 10.2. The van der Waals surface area contributed by atoms with Crippen molar-refractivity contribution >= 4 is 21.8 Å². The molecule has 0 aliphatic carbocycles. The third kappa shape index (κ3) is 4.08. The standard InChI is InChI=1S/C19H22N4O7S/c1-12-18(13(2)30-21-12)31(26,27)23-7-5-22(6-8-23)17(24)10-20-19(25)14-3-4-15-16(9-14)29-11-28-15/h3-4,9H,5-8,10-11H2,1-2H3,(H,20,25). The Morgan fingerprint density at radius 3 is 2.48 bits per heavy atom. The van der Waals surface area contributed by atoms with Crippen LogP contribution in [0.3, 0.4) is 0 Å². The van der Waals surface area contributed by atoms with E-state index in [1.54, 1.807) is 32.0 Å². The third-order valence-corrected chi connectivity index (χ3v) is 7.34. The Morgan fingerprint density at radius 2 is 1.81 bits per heavy atom. The van der Waals surface area contributed by atoms with Crippen LogP contribution in [-0.4, -0.2) is 74.1 Å². The molecule has 2 aromatic rings. The van der Waals surface area contributed by atoms with E-state index in [-0.39, 0.29) is 56.1 Å². The monoisotopic (exact) mass is 450 g/mol. The van der Waals surface area contributed by atoms with Gasteiger partial charge in [0.1, 0.15) is 10.6 Å². The molecule has 2 aliphatic heterocycles. The lowest BCUT2D eigenvalue weighted by Gasteiger charge is -2.34. The summed E-state index contributed by atoms with van der Waals surface area (Å²) in [5.74, 6) is 0.587. The molecule has 2 amide bonds. The van der Waals surface area contributed by atoms with Crippen LogP contribution in [-0.2, 0) is 14.8 Å². The van der Waals surface area contributed by atoms with Crippen molar-refractivity contribution in [3.8, 4) is 11.5 Å². The van der Waals surface area contributed by atoms with Crippen LogP contribution in [0.2, 0.25) is 0 Å². The van der Waals surface area contributed by atoms with Crippen LogP contribution in [0.15, 0.2) is 27.6 Å². The molecule has 11 nitrogen and oxygen atoms in total. The zero-order valence-corrected chi connectivity index (χ0v) is 17.9. The van der Waals surface area contributed by atoms with Crippen molar-refractivity contribution in [3.05, 3.63) is 35.2 Å². The van der Waals surface area contributed by atoms with Gasteiger partial charge in [-0.3, -0.25) is 9.59 Å². The minimum atomic E-state index is -3.75. The highest BCUT2D eigenvalue weighted by molar-refractivity contribution is 7.89. The maximum atomic E-state index is 12.9. The first-order chi connectivity index (χ1) is 14.8. The summed E-state index contributed by atoms with van der Waals surface area (Å²) in [6.45, 7) is 3.79. The number of carbonyl (C=O) groups excluding carboxylic acids is 2. The highest BCUT2D eigenvalue weighted by Crippen LogP contribution is 2.32. The average molecular weight is 450 g/mol. The Morgan fingerprint density at radius 1 is 1.10 bits per heavy atom. The zero-order chi connectivity index (χ0) is 22.2. The zero-order valence-electron chi connectivity index (χ0n) is 17.1. The lowest BCUT2D eigenvalue weighted by Crippen LogP contribution is -2.52. The van der Waals surface area contributed by atoms with E-state index in [1.807, 2.05) is 0 Å². The van der Waals surface area contributed by atoms with Crippen LogP contribution in [0.4, 0.5) is 0 Å². The van der Waals surface area contributed by atoms with Crippen molar-refractivity contribution in [2.24, 2.45) is 0 Å². The fraction of sp³-hybridized carbons (Fsp3) is 0.421. The van der Waals surface area contributed by atoms with Gasteiger partial charge in [0.25, 0.3) is 5.91 Å². The van der Waals surface area contributed by atoms with Gasteiger partial charge in [-0.25, -0.2) is 8.42 Å². The fourth-order valence-electron chi connectivity index (χ4n) is 3.56. The van der Waals surface area contributed by atoms with Gasteiger partial charge in [0.2, 0.25) is 22.7 Å². The number of benzene rings is 1. The molecule has 1 fully saturated rings. The van der Waals surface area contributed by atoms with Gasteiger partial charge in [-0.1, -0.05) is 5.16 Å². The maximum Gasteiger partial charge on any atom is 0.251 e. The van der Waals surface area contributed by atoms with E-state index in [2.05, 4.69) is 10.5 Å². The van der Waals surface area contributed by atoms with Gasteiger partial charge < -0.3 is 24.2 Å². The lowest BCUT2D eigenvalue weighted by molar-refractivity contribution is -0.131. The second kappa shape index (κ2) is 8.19. The number of rotatable bonds is 5. The van der Waals surface area contributed by atoms with Crippen molar-refractivity contribution in [2.75, 3.05) is 39.5 Å². The third-order valence-electron chi connectivity index (χ3n) is 5.19. The molecule has 3 heterocycles. The quantitative estimate of drug-likeness (QED) is 0.687. The average Bonchev–Trinajstić information content (AvgIpc) is 3.37. The number of aromatic nitrogens is 1. The highest BCUT2D eigenvalue weighted by Gasteiger charge is 2.34. The number of hydrogen-bond acceptors (Lipinski definition) is 8. The Labute approximate surface area is 178 Å². The summed E-state index contributed by atoms with van der Waals surface area (Å²) in [7, 11) is -3.75. The van der Waals surface area contributed by atoms with Crippen molar-refractivity contribution in [3.63, 3.8) is 0 Å². The number of ether oxygens (including phenoxy) is 2. The molecule has 2 aliphatic rings. The Kier molecular flexibility index (Phi) is 5.58. The normalized spacial score (nSPS) is 16.4. The molecule has 0 saturated carbocycles. The summed E-state index contributed by atoms with van der Waals surface area (Å²) in [5.41, 5.74) is 0.662. The number of carbonyl (C=O) groups is 2. The predicted octanol–water partition coefficient (Wildman–Crippen LogP) is 0.283. The smallest absolute Gasteiger partial charge is 0.251 e. The van der Waals surface area contributed by atoms with E-state index in [9.17, 15) is 18.0 Å². The summed E-state index contributed by atoms with van der Waals surface area (Å²) >= 11 is 0. The molecule has 166 valence electrons. The van der Waals surface area contributed by atoms with E-state index in [1.165, 1.54) is 9.21 Å². The van der Waals surface area contributed by atoms with Crippen molar-refractivity contribution in [2.45, 2.75) is 18.7 Å². The van der Waals surface area contributed by atoms with Crippen LogP contribution in [0, 0.1) is 13.8 Å². The number of fused-ring (bicyclic) bond motifs is 1. The largest absolute Gasteiger partial charge is 0.454 e. The summed E-state index contributed by atoms with van der Waals surface area (Å²) < 4.78 is 42.5. The van der Waals surface area contributed by atoms with E-state index < -0.39 is 15.9 Å². The second-order valence-electron chi connectivity index (χ2n) is 7.19. The number of sulfonamides is 1. The van der Waals surface area contributed by atoms with E-state index in [0.29, 0.717) is 22.8 Å². The molecule has 0 atom stereocenters. The van der Waals surface area contributed by atoms with Gasteiger partial charge in [0, 0.05) is 31.7 Å². The molecule has 31 heavy (non-hydrogen) atoms. The minimum absolute atomic E-state index is 0.0725. The van der Waals surface area contributed by atoms with Crippen LogP contribution in [0.5, 0.6) is 11.5 Å². The number of nitrogens with one attached hydrogen (secondary N) is 1. The summed E-state index contributed by atoms with van der Waals surface area (Å²) in [4.78, 5) is 26.4. The first kappa shape index (κ1) is 21.1. The van der Waals surface area contributed by atoms with Gasteiger partial charge >= 0.3 is 0 Å². The van der Waals surface area contributed by atoms with Gasteiger partial charge in [0.05, 0.1) is 6.54 Å². The molecule has 0 spiro atoms.